The first-order valence-corrected chi connectivity index (χ1v) is 4.23. The highest BCUT2D eigenvalue weighted by Gasteiger charge is 2.16. The van der Waals surface area contributed by atoms with Crippen molar-refractivity contribution < 1.29 is 17.7 Å². The number of hydrogen-bond acceptors (Lipinski definition) is 4. The maximum absolute atomic E-state index is 10.3. The van der Waals surface area contributed by atoms with Crippen LogP contribution >= 0.6 is 0 Å². The second kappa shape index (κ2) is 3.87. The highest BCUT2D eigenvalue weighted by atomic mass is 32.2. The van der Waals surface area contributed by atoms with Gasteiger partial charge < -0.3 is 10.5 Å². The van der Waals surface area contributed by atoms with Gasteiger partial charge in [-0.2, -0.15) is 8.42 Å². The van der Waals surface area contributed by atoms with Gasteiger partial charge in [-0.1, -0.05) is 0 Å². The third-order valence-electron chi connectivity index (χ3n) is 0.979. The minimum absolute atomic E-state index is 0.0418. The lowest BCUT2D eigenvalue weighted by molar-refractivity contribution is 0.141. The molecule has 1 unspecified atom stereocenters. The lowest BCUT2D eigenvalue weighted by atomic mass is 10.5. The van der Waals surface area contributed by atoms with Crippen LogP contribution in [0.2, 0.25) is 0 Å². The Morgan fingerprint density at radius 3 is 2.50 bits per heavy atom. The molecule has 0 spiro atoms. The van der Waals surface area contributed by atoms with Gasteiger partial charge in [-0.05, 0) is 6.92 Å². The molecular formula is C4H11NO4S. The smallest absolute Gasteiger partial charge is 0.269 e. The van der Waals surface area contributed by atoms with E-state index in [0.29, 0.717) is 0 Å². The standard InChI is InChI=1S/C4H11NO4S/c1-4(2-9-3-5)10(6,7)8/h4H,2-3,5H2,1H3,(H,6,7,8). The molecule has 0 rings (SSSR count). The summed E-state index contributed by atoms with van der Waals surface area (Å²) in [6.07, 6.45) is 0. The maximum Gasteiger partial charge on any atom is 0.269 e. The summed E-state index contributed by atoms with van der Waals surface area (Å²) in [6.45, 7) is 1.22. The maximum atomic E-state index is 10.3. The molecule has 0 radical (unpaired) electrons. The number of nitrogens with two attached hydrogens (primary N) is 1. The molecule has 62 valence electrons. The van der Waals surface area contributed by atoms with Gasteiger partial charge in [0.1, 0.15) is 5.25 Å². The second-order valence-electron chi connectivity index (χ2n) is 1.86. The molecule has 10 heavy (non-hydrogen) atoms. The zero-order valence-corrected chi connectivity index (χ0v) is 6.47. The molecule has 0 saturated carbocycles. The van der Waals surface area contributed by atoms with Crippen molar-refractivity contribution in [3.8, 4) is 0 Å². The lowest BCUT2D eigenvalue weighted by Crippen LogP contribution is -2.24. The van der Waals surface area contributed by atoms with Gasteiger partial charge in [-0.15, -0.1) is 0 Å². The van der Waals surface area contributed by atoms with E-state index in [0.717, 1.165) is 0 Å². The normalized spacial score (nSPS) is 15.1. The predicted octanol–water partition coefficient (Wildman–Crippen LogP) is -0.804. The van der Waals surface area contributed by atoms with Crippen molar-refractivity contribution in [2.45, 2.75) is 12.2 Å². The zero-order valence-electron chi connectivity index (χ0n) is 5.65. The van der Waals surface area contributed by atoms with E-state index in [9.17, 15) is 8.42 Å². The fraction of sp³-hybridized carbons (Fsp3) is 1.00. The third-order valence-corrected chi connectivity index (χ3v) is 2.13. The summed E-state index contributed by atoms with van der Waals surface area (Å²) in [7, 11) is -3.96. The van der Waals surface area contributed by atoms with Crippen molar-refractivity contribution >= 4 is 10.1 Å². The van der Waals surface area contributed by atoms with Crippen molar-refractivity contribution in [3.05, 3.63) is 0 Å². The molecule has 0 aliphatic carbocycles. The summed E-state index contributed by atoms with van der Waals surface area (Å²) in [4.78, 5) is 0. The van der Waals surface area contributed by atoms with Crippen LogP contribution in [-0.2, 0) is 14.9 Å². The molecule has 0 aliphatic heterocycles. The Balaban J connectivity index is 3.75. The number of hydrogen-bond donors (Lipinski definition) is 2. The van der Waals surface area contributed by atoms with Gasteiger partial charge in [-0.25, -0.2) is 0 Å². The Labute approximate surface area is 59.9 Å². The molecule has 0 fully saturated rings. The molecule has 0 aromatic heterocycles. The molecule has 0 saturated heterocycles. The zero-order chi connectivity index (χ0) is 8.20. The van der Waals surface area contributed by atoms with Crippen molar-refractivity contribution in [1.82, 2.24) is 0 Å². The van der Waals surface area contributed by atoms with Crippen LogP contribution in [0.3, 0.4) is 0 Å². The lowest BCUT2D eigenvalue weighted by Gasteiger charge is -2.06. The van der Waals surface area contributed by atoms with Gasteiger partial charge in [0.15, 0.2) is 0 Å². The summed E-state index contributed by atoms with van der Waals surface area (Å²) < 4.78 is 33.5. The molecule has 0 bridgehead atoms. The van der Waals surface area contributed by atoms with Crippen LogP contribution in [0.25, 0.3) is 0 Å². The summed E-state index contributed by atoms with van der Waals surface area (Å²) in [5.74, 6) is 0. The van der Waals surface area contributed by atoms with E-state index < -0.39 is 15.4 Å². The average molecular weight is 169 g/mol. The van der Waals surface area contributed by atoms with E-state index in [1.165, 1.54) is 6.92 Å². The first kappa shape index (κ1) is 9.83. The van der Waals surface area contributed by atoms with Crippen LogP contribution in [-0.4, -0.2) is 31.6 Å². The minimum Gasteiger partial charge on any atom is -0.365 e. The van der Waals surface area contributed by atoms with E-state index in [-0.39, 0.29) is 13.3 Å². The number of rotatable bonds is 4. The summed E-state index contributed by atoms with van der Waals surface area (Å²) in [6, 6.07) is 0. The van der Waals surface area contributed by atoms with E-state index in [1.54, 1.807) is 0 Å². The van der Waals surface area contributed by atoms with Crippen molar-refractivity contribution in [2.75, 3.05) is 13.3 Å². The highest BCUT2D eigenvalue weighted by molar-refractivity contribution is 7.86. The topological polar surface area (TPSA) is 89.6 Å². The fourth-order valence-electron chi connectivity index (χ4n) is 0.320. The van der Waals surface area contributed by atoms with Crippen LogP contribution < -0.4 is 5.73 Å². The Bertz CT molecular complexity index is 176. The van der Waals surface area contributed by atoms with E-state index in [4.69, 9.17) is 10.3 Å². The van der Waals surface area contributed by atoms with Crippen LogP contribution in [0.5, 0.6) is 0 Å². The van der Waals surface area contributed by atoms with Crippen LogP contribution in [0, 0.1) is 0 Å². The average Bonchev–Trinajstić information content (AvgIpc) is 1.80. The Kier molecular flexibility index (Phi) is 3.80. The van der Waals surface area contributed by atoms with Gasteiger partial charge in [-0.3, -0.25) is 4.55 Å². The predicted molar refractivity (Wildman–Crippen MR) is 36.0 cm³/mol. The molecule has 0 aromatic rings. The molecule has 0 amide bonds. The molecular weight excluding hydrogens is 158 g/mol. The quantitative estimate of drug-likeness (QED) is 0.424. The molecule has 0 aliphatic rings. The molecule has 5 nitrogen and oxygen atoms in total. The Morgan fingerprint density at radius 1 is 1.70 bits per heavy atom. The van der Waals surface area contributed by atoms with Crippen LogP contribution in [0.15, 0.2) is 0 Å². The SMILES string of the molecule is CC(COCN)S(=O)(=O)O. The van der Waals surface area contributed by atoms with Crippen LogP contribution in [0.1, 0.15) is 6.92 Å². The summed E-state index contributed by atoms with van der Waals surface area (Å²) in [5, 5.41) is -0.906. The molecule has 1 atom stereocenters. The largest absolute Gasteiger partial charge is 0.365 e. The molecule has 0 heterocycles. The fourth-order valence-corrected chi connectivity index (χ4v) is 0.588. The molecule has 6 heteroatoms. The van der Waals surface area contributed by atoms with E-state index in [1.807, 2.05) is 0 Å². The van der Waals surface area contributed by atoms with Gasteiger partial charge in [0.05, 0.1) is 13.3 Å². The van der Waals surface area contributed by atoms with E-state index >= 15 is 0 Å². The Morgan fingerprint density at radius 2 is 2.20 bits per heavy atom. The summed E-state index contributed by atoms with van der Waals surface area (Å²) >= 11 is 0. The van der Waals surface area contributed by atoms with Crippen molar-refractivity contribution in [2.24, 2.45) is 5.73 Å². The molecule has 3 N–H and O–H groups in total. The van der Waals surface area contributed by atoms with Crippen molar-refractivity contribution in [1.29, 1.82) is 0 Å². The first-order chi connectivity index (χ1) is 4.48. The van der Waals surface area contributed by atoms with E-state index in [2.05, 4.69) is 4.74 Å². The minimum atomic E-state index is -3.96. The first-order valence-electron chi connectivity index (χ1n) is 2.72. The van der Waals surface area contributed by atoms with Gasteiger partial charge in [0.25, 0.3) is 10.1 Å². The van der Waals surface area contributed by atoms with Crippen LogP contribution in [0.4, 0.5) is 0 Å². The Hall–Kier alpha value is -0.170. The second-order valence-corrected chi connectivity index (χ2v) is 3.70. The summed E-state index contributed by atoms with van der Waals surface area (Å²) in [5.41, 5.74) is 4.92. The highest BCUT2D eigenvalue weighted by Crippen LogP contribution is 1.96. The number of ether oxygens (including phenoxy) is 1. The van der Waals surface area contributed by atoms with Gasteiger partial charge >= 0.3 is 0 Å². The van der Waals surface area contributed by atoms with Gasteiger partial charge in [0, 0.05) is 0 Å². The molecule has 0 aromatic carbocycles. The monoisotopic (exact) mass is 169 g/mol. The van der Waals surface area contributed by atoms with Crippen molar-refractivity contribution in [3.63, 3.8) is 0 Å². The third kappa shape index (κ3) is 3.78. The van der Waals surface area contributed by atoms with Gasteiger partial charge in [0.2, 0.25) is 0 Å².